The molecule has 0 saturated heterocycles. The number of aryl methyl sites for hydroxylation is 2. The highest BCUT2D eigenvalue weighted by atomic mass is 79.9. The fourth-order valence-corrected chi connectivity index (χ4v) is 7.33. The van der Waals surface area contributed by atoms with E-state index in [4.69, 9.17) is 9.47 Å². The van der Waals surface area contributed by atoms with Crippen LogP contribution in [-0.4, -0.2) is 37.4 Å². The third-order valence-electron chi connectivity index (χ3n) is 9.06. The molecule has 0 amide bonds. The Morgan fingerprint density at radius 2 is 1.29 bits per heavy atom. The quantitative estimate of drug-likeness (QED) is 0.0539. The minimum Gasteiger partial charge on any atom is -0.465 e. The molecule has 0 radical (unpaired) electrons. The van der Waals surface area contributed by atoms with E-state index in [9.17, 15) is 9.59 Å². The van der Waals surface area contributed by atoms with Crippen LogP contribution in [0.1, 0.15) is 83.3 Å². The van der Waals surface area contributed by atoms with Gasteiger partial charge in [-0.25, -0.2) is 0 Å². The van der Waals surface area contributed by atoms with Crippen LogP contribution >= 0.6 is 15.9 Å². The average Bonchev–Trinajstić information content (AvgIpc) is 3.41. The number of pyridine rings is 2. The maximum absolute atomic E-state index is 13.1. The van der Waals surface area contributed by atoms with Gasteiger partial charge in [0.25, 0.3) is 0 Å². The van der Waals surface area contributed by atoms with E-state index in [2.05, 4.69) is 79.0 Å². The fourth-order valence-electron chi connectivity index (χ4n) is 6.51. The van der Waals surface area contributed by atoms with Crippen molar-refractivity contribution in [2.45, 2.75) is 96.5 Å². The first-order valence-electron chi connectivity index (χ1n) is 17.4. The minimum absolute atomic E-state index is 0.106. The molecule has 5 rings (SSSR count). The average molecular weight is 727 g/mol. The zero-order valence-corrected chi connectivity index (χ0v) is 30.8. The number of benzene rings is 2. The number of carbonyl (C=O) groups is 2. The van der Waals surface area contributed by atoms with Gasteiger partial charge < -0.3 is 14.0 Å². The molecule has 258 valence electrons. The normalized spacial score (nSPS) is 13.0. The van der Waals surface area contributed by atoms with Gasteiger partial charge in [-0.1, -0.05) is 84.4 Å². The monoisotopic (exact) mass is 725 g/mol. The van der Waals surface area contributed by atoms with Gasteiger partial charge in [0.1, 0.15) is 10.9 Å². The SMILES string of the molecule is Cc1ccnc(-c2cc(COC(=O)C(C)(C)CC(C)(Br)C(=O)OCCCCCCCCCn3c4ccccc4c4ccccc43)ccn2)c1. The summed E-state index contributed by atoms with van der Waals surface area (Å²) in [5, 5.41) is 2.65. The predicted molar refractivity (Wildman–Crippen MR) is 200 cm³/mol. The Labute approximate surface area is 298 Å². The summed E-state index contributed by atoms with van der Waals surface area (Å²) in [7, 11) is 0. The molecule has 1 unspecified atom stereocenters. The van der Waals surface area contributed by atoms with Gasteiger partial charge in [-0.05, 0) is 94.5 Å². The van der Waals surface area contributed by atoms with E-state index in [0.717, 1.165) is 54.7 Å². The molecular weight excluding hydrogens is 678 g/mol. The van der Waals surface area contributed by atoms with Gasteiger partial charge >= 0.3 is 11.9 Å². The second-order valence-electron chi connectivity index (χ2n) is 13.9. The number of aromatic nitrogens is 3. The molecule has 3 aromatic heterocycles. The Morgan fingerprint density at radius 3 is 1.94 bits per heavy atom. The molecule has 8 heteroatoms. The Balaban J connectivity index is 0.967. The number of carbonyl (C=O) groups excluding carboxylic acids is 2. The number of nitrogens with zero attached hydrogens (tertiary/aromatic N) is 3. The van der Waals surface area contributed by atoms with E-state index >= 15 is 0 Å². The van der Waals surface area contributed by atoms with Crippen molar-refractivity contribution in [3.05, 3.63) is 96.3 Å². The summed E-state index contributed by atoms with van der Waals surface area (Å²) in [5.74, 6) is -0.740. The van der Waals surface area contributed by atoms with Gasteiger partial charge in [0.15, 0.2) is 0 Å². The lowest BCUT2D eigenvalue weighted by atomic mass is 9.83. The van der Waals surface area contributed by atoms with Crippen LogP contribution in [0.3, 0.4) is 0 Å². The van der Waals surface area contributed by atoms with Crippen molar-refractivity contribution < 1.29 is 19.1 Å². The number of unbranched alkanes of at least 4 members (excludes halogenated alkanes) is 6. The number of halogens is 1. The second kappa shape index (κ2) is 16.6. The molecule has 49 heavy (non-hydrogen) atoms. The first-order valence-corrected chi connectivity index (χ1v) is 18.2. The summed E-state index contributed by atoms with van der Waals surface area (Å²) in [6.07, 6.45) is 11.4. The van der Waals surface area contributed by atoms with E-state index < -0.39 is 9.74 Å². The van der Waals surface area contributed by atoms with E-state index in [1.165, 1.54) is 41.1 Å². The molecule has 0 spiro atoms. The second-order valence-corrected chi connectivity index (χ2v) is 15.6. The number of hydrogen-bond donors (Lipinski definition) is 0. The molecule has 1 atom stereocenters. The number of fused-ring (bicyclic) bond motifs is 3. The van der Waals surface area contributed by atoms with Crippen LogP contribution in [0.5, 0.6) is 0 Å². The van der Waals surface area contributed by atoms with Crippen LogP contribution in [0.4, 0.5) is 0 Å². The highest BCUT2D eigenvalue weighted by Gasteiger charge is 2.42. The Hall–Kier alpha value is -4.04. The van der Waals surface area contributed by atoms with Gasteiger partial charge in [0.2, 0.25) is 0 Å². The van der Waals surface area contributed by atoms with Crippen molar-refractivity contribution in [2.75, 3.05) is 6.61 Å². The van der Waals surface area contributed by atoms with Crippen molar-refractivity contribution in [3.8, 4) is 11.4 Å². The standard InChI is InChI=1S/C41H48BrN3O4/c1-30-20-22-43-34(26-30)35-27-31(21-23-44-35)28-49-38(46)40(2,3)29-41(4,42)39(47)48-25-15-9-7-5-6-8-14-24-45-36-18-12-10-16-32(36)33-17-11-13-19-37(33)45/h10-13,16-23,26-27H,5-9,14-15,24-25,28-29H2,1-4H3. The largest absolute Gasteiger partial charge is 0.465 e. The first kappa shape index (κ1) is 36.2. The zero-order chi connectivity index (χ0) is 34.9. The number of esters is 2. The van der Waals surface area contributed by atoms with Crippen molar-refractivity contribution in [1.29, 1.82) is 0 Å². The van der Waals surface area contributed by atoms with Crippen molar-refractivity contribution in [3.63, 3.8) is 0 Å². The van der Waals surface area contributed by atoms with Crippen molar-refractivity contribution in [1.82, 2.24) is 14.5 Å². The van der Waals surface area contributed by atoms with Gasteiger partial charge in [-0.2, -0.15) is 0 Å². The lowest BCUT2D eigenvalue weighted by molar-refractivity contribution is -0.157. The maximum Gasteiger partial charge on any atom is 0.322 e. The highest BCUT2D eigenvalue weighted by molar-refractivity contribution is 9.10. The van der Waals surface area contributed by atoms with Crippen LogP contribution in [-0.2, 0) is 32.2 Å². The molecule has 0 N–H and O–H groups in total. The molecule has 0 aliphatic rings. The molecule has 0 fully saturated rings. The van der Waals surface area contributed by atoms with Crippen LogP contribution in [0.15, 0.2) is 85.2 Å². The summed E-state index contributed by atoms with van der Waals surface area (Å²) < 4.78 is 12.8. The first-order chi connectivity index (χ1) is 23.5. The smallest absolute Gasteiger partial charge is 0.322 e. The number of alkyl halides is 1. The van der Waals surface area contributed by atoms with Gasteiger partial charge in [0, 0.05) is 40.7 Å². The van der Waals surface area contributed by atoms with Crippen LogP contribution in [0, 0.1) is 12.3 Å². The molecule has 0 saturated carbocycles. The van der Waals surface area contributed by atoms with E-state index in [1.54, 1.807) is 33.2 Å². The highest BCUT2D eigenvalue weighted by Crippen LogP contribution is 2.36. The summed E-state index contributed by atoms with van der Waals surface area (Å²) in [6.45, 7) is 8.85. The lowest BCUT2D eigenvalue weighted by Crippen LogP contribution is -2.39. The fraction of sp³-hybridized carbons (Fsp3) is 0.415. The molecule has 7 nitrogen and oxygen atoms in total. The number of hydrogen-bond acceptors (Lipinski definition) is 6. The van der Waals surface area contributed by atoms with Crippen molar-refractivity contribution in [2.24, 2.45) is 5.41 Å². The number of rotatable bonds is 17. The molecule has 0 aliphatic heterocycles. The van der Waals surface area contributed by atoms with Gasteiger partial charge in [0.05, 0.1) is 23.4 Å². The summed E-state index contributed by atoms with van der Waals surface area (Å²) in [4.78, 5) is 34.9. The van der Waals surface area contributed by atoms with Crippen LogP contribution in [0.25, 0.3) is 33.2 Å². The summed E-state index contributed by atoms with van der Waals surface area (Å²) >= 11 is 3.55. The molecule has 2 aromatic carbocycles. The summed E-state index contributed by atoms with van der Waals surface area (Å²) in [5.41, 5.74) is 5.12. The Kier molecular flexibility index (Phi) is 12.3. The maximum atomic E-state index is 13.1. The Morgan fingerprint density at radius 1 is 0.714 bits per heavy atom. The third-order valence-corrected chi connectivity index (χ3v) is 9.67. The van der Waals surface area contributed by atoms with Gasteiger partial charge in [-0.3, -0.25) is 19.6 Å². The number of para-hydroxylation sites is 2. The molecule has 0 aliphatic carbocycles. The Bertz CT molecular complexity index is 1830. The molecule has 3 heterocycles. The zero-order valence-electron chi connectivity index (χ0n) is 29.2. The minimum atomic E-state index is -1.01. The summed E-state index contributed by atoms with van der Waals surface area (Å²) in [6, 6.07) is 24.9. The van der Waals surface area contributed by atoms with Gasteiger partial charge in [-0.15, -0.1) is 0 Å². The topological polar surface area (TPSA) is 83.3 Å². The molecular formula is C41H48BrN3O4. The molecule has 0 bridgehead atoms. The van der Waals surface area contributed by atoms with Crippen LogP contribution < -0.4 is 0 Å². The third kappa shape index (κ3) is 9.56. The molecule has 5 aromatic rings. The van der Waals surface area contributed by atoms with Crippen LogP contribution in [0.2, 0.25) is 0 Å². The predicted octanol–water partition coefficient (Wildman–Crippen LogP) is 10.1. The lowest BCUT2D eigenvalue weighted by Gasteiger charge is -2.30. The number of ether oxygens (including phenoxy) is 2. The van der Waals surface area contributed by atoms with E-state index in [-0.39, 0.29) is 25.0 Å². The van der Waals surface area contributed by atoms with E-state index in [1.807, 2.05) is 31.2 Å². The van der Waals surface area contributed by atoms with E-state index in [0.29, 0.717) is 6.61 Å². The van der Waals surface area contributed by atoms with Crippen molar-refractivity contribution >= 4 is 49.7 Å².